The molecule has 168 valence electrons. The minimum atomic E-state index is -0.270. The number of amidine groups is 1. The minimum Gasteiger partial charge on any atom is -0.293 e. The summed E-state index contributed by atoms with van der Waals surface area (Å²) in [5, 5.41) is 0. The summed E-state index contributed by atoms with van der Waals surface area (Å²) in [5.74, 6) is 1.42. The monoisotopic (exact) mass is 421 g/mol. The molecule has 1 spiro atoms. The highest BCUT2D eigenvalue weighted by Gasteiger charge is 2.60. The van der Waals surface area contributed by atoms with Crippen molar-refractivity contribution in [3.63, 3.8) is 0 Å². The van der Waals surface area contributed by atoms with Crippen molar-refractivity contribution < 1.29 is 4.79 Å². The second kappa shape index (κ2) is 9.05. The molecule has 0 aromatic heterocycles. The van der Waals surface area contributed by atoms with Crippen LogP contribution in [0.2, 0.25) is 0 Å². The standard InChI is InChI=1S/C27H39N3O/c1-21-13-15-23(16-14-21)30-25(28-22-11-5-2-6-12-22)24(29-19-9-4-10-20-29)27(26(30)31)17-7-3-8-18-27/h13-16,22,24H,2-12,17-20H2,1H3. The Hall–Kier alpha value is -1.68. The van der Waals surface area contributed by atoms with Gasteiger partial charge in [-0.1, -0.05) is 62.6 Å². The summed E-state index contributed by atoms with van der Waals surface area (Å²) in [6.07, 6.45) is 15.7. The zero-order valence-corrected chi connectivity index (χ0v) is 19.3. The van der Waals surface area contributed by atoms with E-state index >= 15 is 0 Å². The van der Waals surface area contributed by atoms with Gasteiger partial charge in [0.2, 0.25) is 5.91 Å². The van der Waals surface area contributed by atoms with E-state index in [0.717, 1.165) is 37.5 Å². The van der Waals surface area contributed by atoms with Crippen LogP contribution in [0.25, 0.3) is 0 Å². The van der Waals surface area contributed by atoms with Crippen LogP contribution in [0, 0.1) is 12.3 Å². The third kappa shape index (κ3) is 3.97. The second-order valence-corrected chi connectivity index (χ2v) is 10.5. The van der Waals surface area contributed by atoms with E-state index in [2.05, 4.69) is 41.0 Å². The second-order valence-electron chi connectivity index (χ2n) is 10.5. The van der Waals surface area contributed by atoms with Gasteiger partial charge < -0.3 is 0 Å². The number of carbonyl (C=O) groups excluding carboxylic acids is 1. The van der Waals surface area contributed by atoms with Crippen molar-refractivity contribution in [2.24, 2.45) is 10.4 Å². The predicted octanol–water partition coefficient (Wildman–Crippen LogP) is 5.88. The Morgan fingerprint density at radius 1 is 0.839 bits per heavy atom. The van der Waals surface area contributed by atoms with Crippen LogP contribution in [0.1, 0.15) is 89.0 Å². The Balaban J connectivity index is 1.61. The van der Waals surface area contributed by atoms with Crippen LogP contribution in [0.3, 0.4) is 0 Å². The molecule has 5 rings (SSSR count). The fourth-order valence-electron chi connectivity index (χ4n) is 6.64. The zero-order chi connectivity index (χ0) is 21.3. The molecule has 0 N–H and O–H groups in total. The quantitative estimate of drug-likeness (QED) is 0.611. The third-order valence-electron chi connectivity index (χ3n) is 8.31. The summed E-state index contributed by atoms with van der Waals surface area (Å²) >= 11 is 0. The molecule has 2 saturated heterocycles. The molecule has 1 aromatic carbocycles. The van der Waals surface area contributed by atoms with Crippen LogP contribution in [0.4, 0.5) is 5.69 Å². The van der Waals surface area contributed by atoms with Crippen LogP contribution in [0.15, 0.2) is 29.3 Å². The molecule has 4 aliphatic rings. The Morgan fingerprint density at radius 2 is 1.45 bits per heavy atom. The van der Waals surface area contributed by atoms with E-state index in [1.54, 1.807) is 0 Å². The summed E-state index contributed by atoms with van der Waals surface area (Å²) in [4.78, 5) is 24.5. The average molecular weight is 422 g/mol. The summed E-state index contributed by atoms with van der Waals surface area (Å²) in [6, 6.07) is 9.11. The van der Waals surface area contributed by atoms with Gasteiger partial charge in [-0.2, -0.15) is 0 Å². The SMILES string of the molecule is Cc1ccc(N2C(=O)C3(CCCCC3)C(N3CCCCC3)C2=NC2CCCCC2)cc1. The Morgan fingerprint density at radius 3 is 2.13 bits per heavy atom. The van der Waals surface area contributed by atoms with Crippen LogP contribution in [0.5, 0.6) is 0 Å². The normalized spacial score (nSPS) is 29.2. The number of nitrogens with zero attached hydrogens (tertiary/aromatic N) is 3. The van der Waals surface area contributed by atoms with Crippen molar-refractivity contribution in [1.29, 1.82) is 0 Å². The first kappa shape index (κ1) is 21.2. The van der Waals surface area contributed by atoms with Crippen LogP contribution in [-0.2, 0) is 4.79 Å². The van der Waals surface area contributed by atoms with E-state index in [0.29, 0.717) is 11.9 Å². The molecule has 2 saturated carbocycles. The number of hydrogen-bond acceptors (Lipinski definition) is 3. The van der Waals surface area contributed by atoms with Crippen molar-refractivity contribution >= 4 is 17.4 Å². The van der Waals surface area contributed by atoms with Gasteiger partial charge in [0.15, 0.2) is 0 Å². The number of likely N-dealkylation sites (tertiary alicyclic amines) is 1. The summed E-state index contributed by atoms with van der Waals surface area (Å²) in [6.45, 7) is 4.35. The van der Waals surface area contributed by atoms with Gasteiger partial charge in [-0.3, -0.25) is 19.6 Å². The lowest BCUT2D eigenvalue weighted by atomic mass is 9.69. The molecular weight excluding hydrogens is 382 g/mol. The molecule has 2 aliphatic heterocycles. The fourth-order valence-corrected chi connectivity index (χ4v) is 6.64. The first-order valence-electron chi connectivity index (χ1n) is 12.9. The van der Waals surface area contributed by atoms with E-state index < -0.39 is 0 Å². The molecule has 1 atom stereocenters. The van der Waals surface area contributed by atoms with Crippen LogP contribution in [-0.4, -0.2) is 41.8 Å². The maximum Gasteiger partial charge on any atom is 0.240 e. The summed E-state index contributed by atoms with van der Waals surface area (Å²) in [7, 11) is 0. The third-order valence-corrected chi connectivity index (χ3v) is 8.31. The molecule has 4 fully saturated rings. The molecular formula is C27H39N3O. The minimum absolute atomic E-state index is 0.170. The van der Waals surface area contributed by atoms with Crippen molar-refractivity contribution in [1.82, 2.24) is 4.90 Å². The van der Waals surface area contributed by atoms with Gasteiger partial charge in [-0.25, -0.2) is 0 Å². The van der Waals surface area contributed by atoms with E-state index in [1.807, 2.05) is 0 Å². The largest absolute Gasteiger partial charge is 0.293 e. The van der Waals surface area contributed by atoms with Gasteiger partial charge in [0.25, 0.3) is 0 Å². The van der Waals surface area contributed by atoms with Gasteiger partial charge >= 0.3 is 0 Å². The lowest BCUT2D eigenvalue weighted by molar-refractivity contribution is -0.130. The smallest absolute Gasteiger partial charge is 0.240 e. The molecule has 4 heteroatoms. The Bertz CT molecular complexity index is 796. The maximum atomic E-state index is 14.3. The molecule has 1 amide bonds. The lowest BCUT2D eigenvalue weighted by Crippen LogP contribution is -2.53. The van der Waals surface area contributed by atoms with E-state index in [9.17, 15) is 4.79 Å². The molecule has 1 unspecified atom stereocenters. The van der Waals surface area contributed by atoms with Gasteiger partial charge in [0, 0.05) is 0 Å². The van der Waals surface area contributed by atoms with Gasteiger partial charge in [-0.15, -0.1) is 0 Å². The number of rotatable bonds is 3. The molecule has 31 heavy (non-hydrogen) atoms. The summed E-state index contributed by atoms with van der Waals surface area (Å²) in [5.41, 5.74) is 1.99. The number of benzene rings is 1. The van der Waals surface area contributed by atoms with Gasteiger partial charge in [0.05, 0.1) is 23.2 Å². The number of aryl methyl sites for hydroxylation is 1. The maximum absolute atomic E-state index is 14.3. The number of anilines is 1. The van der Waals surface area contributed by atoms with Gasteiger partial charge in [0.1, 0.15) is 5.84 Å². The van der Waals surface area contributed by atoms with Crippen LogP contribution < -0.4 is 4.90 Å². The first-order valence-corrected chi connectivity index (χ1v) is 12.9. The fraction of sp³-hybridized carbons (Fsp3) is 0.704. The highest BCUT2D eigenvalue weighted by molar-refractivity contribution is 6.27. The van der Waals surface area contributed by atoms with Crippen molar-refractivity contribution in [3.8, 4) is 0 Å². The van der Waals surface area contributed by atoms with E-state index in [4.69, 9.17) is 4.99 Å². The number of piperidine rings is 1. The highest BCUT2D eigenvalue weighted by Crippen LogP contribution is 2.50. The van der Waals surface area contributed by atoms with Crippen molar-refractivity contribution in [2.75, 3.05) is 18.0 Å². The van der Waals surface area contributed by atoms with E-state index in [1.165, 1.54) is 76.2 Å². The van der Waals surface area contributed by atoms with Crippen molar-refractivity contribution in [2.45, 2.75) is 102 Å². The lowest BCUT2D eigenvalue weighted by Gasteiger charge is -2.43. The number of amides is 1. The molecule has 4 nitrogen and oxygen atoms in total. The number of aliphatic imine (C=N–C) groups is 1. The molecule has 2 heterocycles. The molecule has 0 bridgehead atoms. The molecule has 1 aromatic rings. The Labute approximate surface area is 188 Å². The van der Waals surface area contributed by atoms with Crippen LogP contribution >= 0.6 is 0 Å². The van der Waals surface area contributed by atoms with E-state index in [-0.39, 0.29) is 11.5 Å². The average Bonchev–Trinajstić information content (AvgIpc) is 3.03. The number of carbonyl (C=O) groups is 1. The predicted molar refractivity (Wildman–Crippen MR) is 128 cm³/mol. The summed E-state index contributed by atoms with van der Waals surface area (Å²) < 4.78 is 0. The first-order chi connectivity index (χ1) is 15.2. The number of hydrogen-bond donors (Lipinski definition) is 0. The van der Waals surface area contributed by atoms with Crippen molar-refractivity contribution in [3.05, 3.63) is 29.8 Å². The topological polar surface area (TPSA) is 35.9 Å². The molecule has 0 radical (unpaired) electrons. The molecule has 2 aliphatic carbocycles. The Kier molecular flexibility index (Phi) is 6.19. The highest BCUT2D eigenvalue weighted by atomic mass is 16.2. The zero-order valence-electron chi connectivity index (χ0n) is 19.3. The van der Waals surface area contributed by atoms with Gasteiger partial charge in [-0.05, 0) is 70.7 Å².